The SMILES string of the molecule is C[C@H](O)CN(CC#N)C(=O)OC(C)(C)C. The van der Waals surface area contributed by atoms with E-state index in [0.717, 1.165) is 0 Å². The van der Waals surface area contributed by atoms with Crippen LogP contribution in [0, 0.1) is 11.3 Å². The number of nitriles is 1. The largest absolute Gasteiger partial charge is 0.444 e. The molecule has 0 bridgehead atoms. The van der Waals surface area contributed by atoms with Crippen LogP contribution in [-0.2, 0) is 4.74 Å². The molecule has 0 saturated carbocycles. The lowest BCUT2D eigenvalue weighted by Gasteiger charge is -2.26. The van der Waals surface area contributed by atoms with Crippen molar-refractivity contribution in [1.82, 2.24) is 4.90 Å². The van der Waals surface area contributed by atoms with Crippen molar-refractivity contribution in [3.05, 3.63) is 0 Å². The van der Waals surface area contributed by atoms with E-state index in [-0.39, 0.29) is 13.1 Å². The van der Waals surface area contributed by atoms with Crippen LogP contribution in [0.5, 0.6) is 0 Å². The molecule has 86 valence electrons. The molecule has 0 unspecified atom stereocenters. The van der Waals surface area contributed by atoms with Crippen LogP contribution in [0.4, 0.5) is 4.79 Å². The molecule has 0 spiro atoms. The Kier molecular flexibility index (Phi) is 5.09. The van der Waals surface area contributed by atoms with E-state index in [1.54, 1.807) is 27.7 Å². The molecule has 0 fully saturated rings. The Bertz CT molecular complexity index is 250. The summed E-state index contributed by atoms with van der Waals surface area (Å²) in [5.41, 5.74) is -0.594. The first-order valence-corrected chi connectivity index (χ1v) is 4.79. The maximum absolute atomic E-state index is 11.5. The molecule has 0 saturated heterocycles. The van der Waals surface area contributed by atoms with Crippen molar-refractivity contribution in [2.75, 3.05) is 13.1 Å². The second-order valence-corrected chi connectivity index (χ2v) is 4.37. The van der Waals surface area contributed by atoms with Crippen LogP contribution in [0.2, 0.25) is 0 Å². The Morgan fingerprint density at radius 2 is 2.13 bits per heavy atom. The predicted molar refractivity (Wildman–Crippen MR) is 55.1 cm³/mol. The Balaban J connectivity index is 4.37. The molecule has 0 aromatic carbocycles. The minimum Gasteiger partial charge on any atom is -0.444 e. The molecular formula is C10H18N2O3. The summed E-state index contributed by atoms with van der Waals surface area (Å²) in [6.45, 7) is 6.81. The van der Waals surface area contributed by atoms with Gasteiger partial charge in [-0.2, -0.15) is 5.26 Å². The Hall–Kier alpha value is -1.28. The second kappa shape index (κ2) is 5.56. The summed E-state index contributed by atoms with van der Waals surface area (Å²) < 4.78 is 5.08. The molecule has 5 heteroatoms. The highest BCUT2D eigenvalue weighted by Crippen LogP contribution is 2.09. The zero-order valence-corrected chi connectivity index (χ0v) is 9.65. The van der Waals surface area contributed by atoms with Gasteiger partial charge in [0.1, 0.15) is 12.1 Å². The maximum atomic E-state index is 11.5. The first kappa shape index (κ1) is 13.7. The van der Waals surface area contributed by atoms with Crippen LogP contribution < -0.4 is 0 Å². The van der Waals surface area contributed by atoms with E-state index in [9.17, 15) is 4.79 Å². The van der Waals surface area contributed by atoms with Gasteiger partial charge in [-0.05, 0) is 27.7 Å². The average molecular weight is 214 g/mol. The molecule has 0 rings (SSSR count). The molecule has 1 amide bonds. The van der Waals surface area contributed by atoms with E-state index in [1.165, 1.54) is 4.90 Å². The molecule has 5 nitrogen and oxygen atoms in total. The third-order valence-electron chi connectivity index (χ3n) is 1.40. The number of ether oxygens (including phenoxy) is 1. The van der Waals surface area contributed by atoms with E-state index >= 15 is 0 Å². The van der Waals surface area contributed by atoms with Crippen molar-refractivity contribution < 1.29 is 14.6 Å². The van der Waals surface area contributed by atoms with Crippen LogP contribution in [0.15, 0.2) is 0 Å². The van der Waals surface area contributed by atoms with Crippen LogP contribution in [0.3, 0.4) is 0 Å². The first-order valence-electron chi connectivity index (χ1n) is 4.79. The number of carbonyl (C=O) groups excluding carboxylic acids is 1. The lowest BCUT2D eigenvalue weighted by Crippen LogP contribution is -2.40. The van der Waals surface area contributed by atoms with E-state index in [4.69, 9.17) is 15.1 Å². The number of hydrogen-bond donors (Lipinski definition) is 1. The first-order chi connectivity index (χ1) is 6.76. The van der Waals surface area contributed by atoms with Crippen molar-refractivity contribution in [2.45, 2.75) is 39.4 Å². The van der Waals surface area contributed by atoms with Crippen LogP contribution in [0.1, 0.15) is 27.7 Å². The minimum absolute atomic E-state index is 0.0835. The van der Waals surface area contributed by atoms with Gasteiger partial charge in [0, 0.05) is 0 Å². The average Bonchev–Trinajstić information content (AvgIpc) is 1.99. The third-order valence-corrected chi connectivity index (χ3v) is 1.40. The number of aliphatic hydroxyl groups excluding tert-OH is 1. The monoisotopic (exact) mass is 214 g/mol. The van der Waals surface area contributed by atoms with Gasteiger partial charge in [0.05, 0.1) is 18.7 Å². The summed E-state index contributed by atoms with van der Waals surface area (Å²) in [5, 5.41) is 17.7. The predicted octanol–water partition coefficient (Wildman–Crippen LogP) is 1.13. The Morgan fingerprint density at radius 3 is 2.47 bits per heavy atom. The molecule has 0 aromatic rings. The number of aliphatic hydroxyl groups is 1. The highest BCUT2D eigenvalue weighted by Gasteiger charge is 2.22. The molecule has 1 atom stereocenters. The number of hydrogen-bond acceptors (Lipinski definition) is 4. The zero-order valence-electron chi connectivity index (χ0n) is 9.65. The zero-order chi connectivity index (χ0) is 12.1. The van der Waals surface area contributed by atoms with E-state index in [2.05, 4.69) is 0 Å². The molecule has 0 aromatic heterocycles. The van der Waals surface area contributed by atoms with Crippen molar-refractivity contribution in [3.63, 3.8) is 0 Å². The number of carbonyl (C=O) groups is 1. The van der Waals surface area contributed by atoms with Gasteiger partial charge in [-0.3, -0.25) is 4.90 Å². The van der Waals surface area contributed by atoms with Crippen LogP contribution >= 0.6 is 0 Å². The molecule has 0 aliphatic rings. The summed E-state index contributed by atoms with van der Waals surface area (Å²) in [4.78, 5) is 12.7. The fraction of sp³-hybridized carbons (Fsp3) is 0.800. The van der Waals surface area contributed by atoms with Gasteiger partial charge >= 0.3 is 6.09 Å². The van der Waals surface area contributed by atoms with Gasteiger partial charge in [-0.15, -0.1) is 0 Å². The summed E-state index contributed by atoms with van der Waals surface area (Å²) in [6, 6.07) is 1.85. The van der Waals surface area contributed by atoms with E-state index < -0.39 is 17.8 Å². The van der Waals surface area contributed by atoms with Crippen molar-refractivity contribution in [2.24, 2.45) is 0 Å². The summed E-state index contributed by atoms with van der Waals surface area (Å²) in [6.07, 6.45) is -1.25. The third kappa shape index (κ3) is 6.75. The fourth-order valence-corrected chi connectivity index (χ4v) is 0.934. The second-order valence-electron chi connectivity index (χ2n) is 4.37. The molecule has 1 N–H and O–H groups in total. The standard InChI is InChI=1S/C10H18N2O3/c1-8(13)7-12(6-5-11)9(14)15-10(2,3)4/h8,13H,6-7H2,1-4H3/t8-/m0/s1. The summed E-state index contributed by atoms with van der Waals surface area (Å²) in [5.74, 6) is 0. The van der Waals surface area contributed by atoms with Crippen molar-refractivity contribution in [3.8, 4) is 6.07 Å². The van der Waals surface area contributed by atoms with E-state index in [0.29, 0.717) is 0 Å². The van der Waals surface area contributed by atoms with Gasteiger partial charge in [-0.1, -0.05) is 0 Å². The van der Waals surface area contributed by atoms with Gasteiger partial charge in [0.15, 0.2) is 0 Å². The fourth-order valence-electron chi connectivity index (χ4n) is 0.934. The molecule has 0 aliphatic heterocycles. The quantitative estimate of drug-likeness (QED) is 0.715. The molecular weight excluding hydrogens is 196 g/mol. The summed E-state index contributed by atoms with van der Waals surface area (Å²) in [7, 11) is 0. The molecule has 0 radical (unpaired) electrons. The maximum Gasteiger partial charge on any atom is 0.411 e. The van der Waals surface area contributed by atoms with Gasteiger partial charge < -0.3 is 9.84 Å². The minimum atomic E-state index is -0.675. The number of rotatable bonds is 3. The lowest BCUT2D eigenvalue weighted by molar-refractivity contribution is 0.0191. The normalized spacial score (nSPS) is 12.8. The lowest BCUT2D eigenvalue weighted by atomic mass is 10.2. The molecule has 0 aliphatic carbocycles. The van der Waals surface area contributed by atoms with Gasteiger partial charge in [-0.25, -0.2) is 4.79 Å². The Morgan fingerprint density at radius 1 is 1.60 bits per heavy atom. The van der Waals surface area contributed by atoms with Crippen molar-refractivity contribution in [1.29, 1.82) is 5.26 Å². The highest BCUT2D eigenvalue weighted by molar-refractivity contribution is 5.68. The van der Waals surface area contributed by atoms with Gasteiger partial charge in [0.25, 0.3) is 0 Å². The summed E-state index contributed by atoms with van der Waals surface area (Å²) >= 11 is 0. The topological polar surface area (TPSA) is 73.6 Å². The number of amides is 1. The number of nitrogens with zero attached hydrogens (tertiary/aromatic N) is 2. The highest BCUT2D eigenvalue weighted by atomic mass is 16.6. The van der Waals surface area contributed by atoms with Crippen LogP contribution in [0.25, 0.3) is 0 Å². The molecule has 0 heterocycles. The Labute approximate surface area is 90.2 Å². The molecule has 15 heavy (non-hydrogen) atoms. The van der Waals surface area contributed by atoms with Crippen LogP contribution in [-0.4, -0.2) is 40.9 Å². The van der Waals surface area contributed by atoms with Crippen molar-refractivity contribution >= 4 is 6.09 Å². The smallest absolute Gasteiger partial charge is 0.411 e. The van der Waals surface area contributed by atoms with E-state index in [1.807, 2.05) is 6.07 Å². The van der Waals surface area contributed by atoms with Gasteiger partial charge in [0.2, 0.25) is 0 Å².